The molecule has 2 rings (SSSR count). The van der Waals surface area contributed by atoms with Crippen molar-refractivity contribution in [1.82, 2.24) is 0 Å². The van der Waals surface area contributed by atoms with Gasteiger partial charge in [-0.2, -0.15) is 0 Å². The van der Waals surface area contributed by atoms with Crippen molar-refractivity contribution in [3.63, 3.8) is 0 Å². The maximum Gasteiger partial charge on any atom is 0.340 e. The van der Waals surface area contributed by atoms with Gasteiger partial charge < -0.3 is 18.9 Å². The van der Waals surface area contributed by atoms with Crippen LogP contribution in [-0.2, 0) is 28.5 Å². The second-order valence-electron chi connectivity index (χ2n) is 7.31. The molecule has 0 amide bonds. The van der Waals surface area contributed by atoms with E-state index in [1.165, 1.54) is 14.2 Å². The van der Waals surface area contributed by atoms with Crippen LogP contribution in [0.4, 0.5) is 0 Å². The van der Waals surface area contributed by atoms with E-state index in [0.717, 1.165) is 12.8 Å². The molecule has 0 N–H and O–H groups in total. The summed E-state index contributed by atoms with van der Waals surface area (Å²) < 4.78 is 22.1. The Bertz CT molecular complexity index is 792. The van der Waals surface area contributed by atoms with E-state index in [1.807, 2.05) is 55.5 Å². The predicted octanol–water partition coefficient (Wildman–Crippen LogP) is 4.80. The second kappa shape index (κ2) is 12.9. The number of ether oxygens (including phenoxy) is 4. The lowest BCUT2D eigenvalue weighted by molar-refractivity contribution is -0.180. The van der Waals surface area contributed by atoms with Crippen molar-refractivity contribution in [2.45, 2.75) is 57.5 Å². The average molecular weight is 429 g/mol. The minimum Gasteiger partial charge on any atom is -0.457 e. The molecule has 0 saturated carbocycles. The lowest BCUT2D eigenvalue weighted by atomic mass is 10.1. The molecule has 0 aliphatic carbocycles. The maximum absolute atomic E-state index is 12.8. The fourth-order valence-corrected chi connectivity index (χ4v) is 3.32. The molecule has 2 aromatic rings. The zero-order valence-corrected chi connectivity index (χ0v) is 18.7. The van der Waals surface area contributed by atoms with Crippen LogP contribution >= 0.6 is 0 Å². The number of hydrogen-bond acceptors (Lipinski definition) is 6. The van der Waals surface area contributed by atoms with Crippen molar-refractivity contribution in [2.24, 2.45) is 0 Å². The van der Waals surface area contributed by atoms with Crippen LogP contribution < -0.4 is 0 Å². The molecule has 0 heterocycles. The summed E-state index contributed by atoms with van der Waals surface area (Å²) in [7, 11) is 2.92. The van der Waals surface area contributed by atoms with Crippen molar-refractivity contribution < 1.29 is 28.5 Å². The fraction of sp³-hybridized carbons (Fsp3) is 0.440. The molecule has 0 radical (unpaired) electrons. The fourth-order valence-electron chi connectivity index (χ4n) is 3.32. The van der Waals surface area contributed by atoms with Crippen LogP contribution in [0.2, 0.25) is 0 Å². The second-order valence-corrected chi connectivity index (χ2v) is 7.31. The van der Waals surface area contributed by atoms with Gasteiger partial charge >= 0.3 is 11.9 Å². The topological polar surface area (TPSA) is 71.1 Å². The number of carbonyl (C=O) groups is 2. The van der Waals surface area contributed by atoms with Gasteiger partial charge in [0.25, 0.3) is 0 Å². The first-order valence-electron chi connectivity index (χ1n) is 10.6. The van der Waals surface area contributed by atoms with Gasteiger partial charge in [-0.25, -0.2) is 9.59 Å². The summed E-state index contributed by atoms with van der Waals surface area (Å²) in [5.41, 5.74) is 1.41. The van der Waals surface area contributed by atoms with Crippen molar-refractivity contribution in [1.29, 1.82) is 0 Å². The zero-order valence-electron chi connectivity index (χ0n) is 18.7. The number of hydrogen-bond donors (Lipinski definition) is 0. The first-order valence-corrected chi connectivity index (χ1v) is 10.6. The molecule has 0 fully saturated rings. The molecule has 6 heteroatoms. The molecular formula is C25H32O6. The van der Waals surface area contributed by atoms with Gasteiger partial charge in [0, 0.05) is 14.2 Å². The monoisotopic (exact) mass is 428 g/mol. The summed E-state index contributed by atoms with van der Waals surface area (Å²) in [5, 5.41) is 0. The Kier molecular flexibility index (Phi) is 10.2. The van der Waals surface area contributed by atoms with Crippen molar-refractivity contribution in [3.05, 3.63) is 71.8 Å². The normalized spacial score (nSPS) is 14.8. The lowest BCUT2D eigenvalue weighted by Crippen LogP contribution is -2.36. The van der Waals surface area contributed by atoms with Gasteiger partial charge in [0.1, 0.15) is 12.2 Å². The summed E-state index contributed by atoms with van der Waals surface area (Å²) in [6.07, 6.45) is -0.596. The molecule has 0 aromatic heterocycles. The van der Waals surface area contributed by atoms with Crippen LogP contribution in [0.1, 0.15) is 56.4 Å². The van der Waals surface area contributed by atoms with Crippen LogP contribution in [0.25, 0.3) is 0 Å². The Balaban J connectivity index is 2.09. The SMILES string of the molecule is CCCC[C@@H](OC(=O)[C@H](OC)c1ccccc1)[C@H](C)OC(=O)[C@H](OC)c1ccccc1. The summed E-state index contributed by atoms with van der Waals surface area (Å²) in [5.74, 6) is -1.03. The van der Waals surface area contributed by atoms with E-state index in [0.29, 0.717) is 17.5 Å². The van der Waals surface area contributed by atoms with Gasteiger partial charge in [-0.1, -0.05) is 74.0 Å². The number of benzene rings is 2. The molecule has 0 aliphatic heterocycles. The quantitative estimate of drug-likeness (QED) is 0.453. The van der Waals surface area contributed by atoms with Crippen LogP contribution in [0.5, 0.6) is 0 Å². The number of carbonyl (C=O) groups excluding carboxylic acids is 2. The van der Waals surface area contributed by atoms with Gasteiger partial charge in [0.2, 0.25) is 0 Å². The highest BCUT2D eigenvalue weighted by molar-refractivity contribution is 5.77. The zero-order chi connectivity index (χ0) is 22.6. The largest absolute Gasteiger partial charge is 0.457 e. The minimum absolute atomic E-state index is 0.510. The van der Waals surface area contributed by atoms with E-state index in [1.54, 1.807) is 19.1 Å². The lowest BCUT2D eigenvalue weighted by Gasteiger charge is -2.27. The van der Waals surface area contributed by atoms with Crippen LogP contribution in [0.15, 0.2) is 60.7 Å². The average Bonchev–Trinajstić information content (AvgIpc) is 2.79. The molecule has 4 atom stereocenters. The molecule has 168 valence electrons. The molecule has 0 bridgehead atoms. The predicted molar refractivity (Wildman–Crippen MR) is 117 cm³/mol. The highest BCUT2D eigenvalue weighted by atomic mass is 16.6. The van der Waals surface area contributed by atoms with Gasteiger partial charge in [-0.05, 0) is 30.9 Å². The highest BCUT2D eigenvalue weighted by Gasteiger charge is 2.31. The van der Waals surface area contributed by atoms with E-state index in [2.05, 4.69) is 0 Å². The number of methoxy groups -OCH3 is 2. The maximum atomic E-state index is 12.8. The van der Waals surface area contributed by atoms with Gasteiger partial charge in [-0.15, -0.1) is 0 Å². The van der Waals surface area contributed by atoms with Crippen molar-refractivity contribution >= 4 is 11.9 Å². The Morgan fingerprint density at radius 1 is 0.774 bits per heavy atom. The van der Waals surface area contributed by atoms with E-state index in [9.17, 15) is 9.59 Å². The van der Waals surface area contributed by atoms with Crippen molar-refractivity contribution in [2.75, 3.05) is 14.2 Å². The number of unbranched alkanes of at least 4 members (excludes halogenated alkanes) is 1. The smallest absolute Gasteiger partial charge is 0.340 e. The Morgan fingerprint density at radius 2 is 1.23 bits per heavy atom. The molecule has 0 saturated heterocycles. The molecule has 2 aromatic carbocycles. The molecule has 0 aliphatic rings. The first-order chi connectivity index (χ1) is 15.0. The molecule has 0 unspecified atom stereocenters. The van der Waals surface area contributed by atoms with E-state index in [4.69, 9.17) is 18.9 Å². The van der Waals surface area contributed by atoms with E-state index in [-0.39, 0.29) is 0 Å². The number of esters is 2. The molecule has 31 heavy (non-hydrogen) atoms. The third-order valence-corrected chi connectivity index (χ3v) is 5.04. The summed E-state index contributed by atoms with van der Waals surface area (Å²) >= 11 is 0. The minimum atomic E-state index is -0.845. The van der Waals surface area contributed by atoms with E-state index < -0.39 is 36.4 Å². The Morgan fingerprint density at radius 3 is 1.65 bits per heavy atom. The molecule has 0 spiro atoms. The van der Waals surface area contributed by atoms with Gasteiger partial charge in [0.05, 0.1) is 0 Å². The molecule has 6 nitrogen and oxygen atoms in total. The Hall–Kier alpha value is -2.70. The van der Waals surface area contributed by atoms with Crippen molar-refractivity contribution in [3.8, 4) is 0 Å². The summed E-state index contributed by atoms with van der Waals surface area (Å²) in [4.78, 5) is 25.6. The third kappa shape index (κ3) is 7.19. The molecular weight excluding hydrogens is 396 g/mol. The van der Waals surface area contributed by atoms with E-state index >= 15 is 0 Å². The third-order valence-electron chi connectivity index (χ3n) is 5.04. The van der Waals surface area contributed by atoms with Crippen LogP contribution in [0, 0.1) is 0 Å². The first kappa shape index (κ1) is 24.6. The Labute approximate surface area is 184 Å². The summed E-state index contributed by atoms with van der Waals surface area (Å²) in [6, 6.07) is 18.3. The van der Waals surface area contributed by atoms with Gasteiger partial charge in [0.15, 0.2) is 12.2 Å². The van der Waals surface area contributed by atoms with Crippen LogP contribution in [0.3, 0.4) is 0 Å². The standard InChI is InChI=1S/C25H32O6/c1-5-6-17-21(31-25(27)23(29-4)20-15-11-8-12-16-20)18(2)30-24(26)22(28-3)19-13-9-7-10-14-19/h7-16,18,21-23H,5-6,17H2,1-4H3/t18-,21+,22+,23+/m0/s1. The number of rotatable bonds is 12. The van der Waals surface area contributed by atoms with Gasteiger partial charge in [-0.3, -0.25) is 0 Å². The highest BCUT2D eigenvalue weighted by Crippen LogP contribution is 2.24. The van der Waals surface area contributed by atoms with Crippen LogP contribution in [-0.4, -0.2) is 38.4 Å². The summed E-state index contributed by atoms with van der Waals surface area (Å²) in [6.45, 7) is 3.78.